The van der Waals surface area contributed by atoms with E-state index in [1.165, 1.54) is 19.3 Å². The molecule has 1 aromatic carbocycles. The molecule has 2 heterocycles. The summed E-state index contributed by atoms with van der Waals surface area (Å²) in [4.78, 5) is 19.5. The van der Waals surface area contributed by atoms with E-state index >= 15 is 0 Å². The fourth-order valence-electron chi connectivity index (χ4n) is 3.82. The summed E-state index contributed by atoms with van der Waals surface area (Å²) >= 11 is 0. The van der Waals surface area contributed by atoms with Crippen LogP contribution >= 0.6 is 0 Å². The van der Waals surface area contributed by atoms with Crippen LogP contribution in [0.1, 0.15) is 37.8 Å². The van der Waals surface area contributed by atoms with E-state index in [0.717, 1.165) is 48.3 Å². The SMILES string of the molecule is Cc1ccc2c(NC(=O)N(CC3CCC3)C[C@H]3CCCO3)cccc2n1. The van der Waals surface area contributed by atoms with Crippen LogP contribution in [-0.4, -0.2) is 41.7 Å². The number of carbonyl (C=O) groups excluding carboxylic acids is 1. The number of nitrogens with zero attached hydrogens (tertiary/aromatic N) is 2. The van der Waals surface area contributed by atoms with Gasteiger partial charge in [0, 0.05) is 30.8 Å². The minimum atomic E-state index is -0.0273. The van der Waals surface area contributed by atoms with Gasteiger partial charge < -0.3 is 15.0 Å². The second-order valence-corrected chi connectivity index (χ2v) is 7.59. The van der Waals surface area contributed by atoms with Gasteiger partial charge in [0.1, 0.15) is 0 Å². The average Bonchev–Trinajstić information content (AvgIpc) is 3.10. The second kappa shape index (κ2) is 7.62. The fraction of sp³-hybridized carbons (Fsp3) is 0.524. The van der Waals surface area contributed by atoms with E-state index in [-0.39, 0.29) is 12.1 Å². The number of aryl methyl sites for hydroxylation is 1. The fourth-order valence-corrected chi connectivity index (χ4v) is 3.82. The van der Waals surface area contributed by atoms with E-state index in [9.17, 15) is 4.79 Å². The van der Waals surface area contributed by atoms with Gasteiger partial charge in [0.2, 0.25) is 0 Å². The number of carbonyl (C=O) groups is 1. The summed E-state index contributed by atoms with van der Waals surface area (Å²) in [6, 6.07) is 9.86. The smallest absolute Gasteiger partial charge is 0.321 e. The number of nitrogens with one attached hydrogen (secondary N) is 1. The number of anilines is 1. The molecular formula is C21H27N3O2. The highest BCUT2D eigenvalue weighted by Crippen LogP contribution is 2.28. The van der Waals surface area contributed by atoms with Crippen LogP contribution in [0.15, 0.2) is 30.3 Å². The molecular weight excluding hydrogens is 326 g/mol. The molecule has 0 bridgehead atoms. The van der Waals surface area contributed by atoms with E-state index < -0.39 is 0 Å². The second-order valence-electron chi connectivity index (χ2n) is 7.59. The van der Waals surface area contributed by atoms with Crippen molar-refractivity contribution in [3.8, 4) is 0 Å². The molecule has 0 radical (unpaired) electrons. The molecule has 1 saturated carbocycles. The highest BCUT2D eigenvalue weighted by atomic mass is 16.5. The van der Waals surface area contributed by atoms with Crippen LogP contribution in [0.3, 0.4) is 0 Å². The Hall–Kier alpha value is -2.14. The topological polar surface area (TPSA) is 54.5 Å². The van der Waals surface area contributed by atoms with Crippen molar-refractivity contribution in [2.45, 2.75) is 45.1 Å². The summed E-state index contributed by atoms with van der Waals surface area (Å²) in [5, 5.41) is 4.10. The summed E-state index contributed by atoms with van der Waals surface area (Å²) in [5.74, 6) is 0.638. The number of benzene rings is 1. The maximum Gasteiger partial charge on any atom is 0.321 e. The Kier molecular flexibility index (Phi) is 5.07. The summed E-state index contributed by atoms with van der Waals surface area (Å²) in [7, 11) is 0. The van der Waals surface area contributed by atoms with Crippen LogP contribution in [-0.2, 0) is 4.74 Å². The van der Waals surface area contributed by atoms with Crippen molar-refractivity contribution < 1.29 is 9.53 Å². The summed E-state index contributed by atoms with van der Waals surface area (Å²) in [6.45, 7) is 4.31. The zero-order chi connectivity index (χ0) is 17.9. The molecule has 1 saturated heterocycles. The van der Waals surface area contributed by atoms with Crippen LogP contribution in [0.5, 0.6) is 0 Å². The first-order chi connectivity index (χ1) is 12.7. The van der Waals surface area contributed by atoms with Gasteiger partial charge in [-0.05, 0) is 62.8 Å². The summed E-state index contributed by atoms with van der Waals surface area (Å²) in [5.41, 5.74) is 2.71. The summed E-state index contributed by atoms with van der Waals surface area (Å²) in [6.07, 6.45) is 6.07. The van der Waals surface area contributed by atoms with Gasteiger partial charge in [-0.15, -0.1) is 0 Å². The molecule has 5 heteroatoms. The lowest BCUT2D eigenvalue weighted by Gasteiger charge is -2.33. The zero-order valence-electron chi connectivity index (χ0n) is 15.4. The molecule has 0 unspecified atom stereocenters. The molecule has 2 fully saturated rings. The Bertz CT molecular complexity index is 782. The quantitative estimate of drug-likeness (QED) is 0.869. The molecule has 2 aromatic rings. The zero-order valence-corrected chi connectivity index (χ0v) is 15.4. The molecule has 138 valence electrons. The first kappa shape index (κ1) is 17.3. The van der Waals surface area contributed by atoms with Crippen molar-refractivity contribution in [1.82, 2.24) is 9.88 Å². The van der Waals surface area contributed by atoms with Gasteiger partial charge in [0.05, 0.1) is 17.3 Å². The molecule has 1 aliphatic heterocycles. The maximum atomic E-state index is 13.0. The van der Waals surface area contributed by atoms with Crippen molar-refractivity contribution >= 4 is 22.6 Å². The number of hydrogen-bond acceptors (Lipinski definition) is 3. The van der Waals surface area contributed by atoms with Gasteiger partial charge in [-0.2, -0.15) is 0 Å². The Morgan fingerprint density at radius 3 is 2.81 bits per heavy atom. The Morgan fingerprint density at radius 2 is 2.08 bits per heavy atom. The highest BCUT2D eigenvalue weighted by Gasteiger charge is 2.27. The Morgan fingerprint density at radius 1 is 1.19 bits per heavy atom. The van der Waals surface area contributed by atoms with Gasteiger partial charge in [0.25, 0.3) is 0 Å². The largest absolute Gasteiger partial charge is 0.376 e. The highest BCUT2D eigenvalue weighted by molar-refractivity contribution is 6.00. The maximum absolute atomic E-state index is 13.0. The van der Waals surface area contributed by atoms with Crippen molar-refractivity contribution in [2.24, 2.45) is 5.92 Å². The van der Waals surface area contributed by atoms with Crippen LogP contribution < -0.4 is 5.32 Å². The molecule has 1 atom stereocenters. The van der Waals surface area contributed by atoms with Gasteiger partial charge in [-0.1, -0.05) is 12.5 Å². The lowest BCUT2D eigenvalue weighted by molar-refractivity contribution is 0.0748. The van der Waals surface area contributed by atoms with E-state index in [4.69, 9.17) is 4.74 Å². The number of hydrogen-bond donors (Lipinski definition) is 1. The number of aromatic nitrogens is 1. The molecule has 2 amide bonds. The number of pyridine rings is 1. The van der Waals surface area contributed by atoms with Crippen LogP contribution in [0, 0.1) is 12.8 Å². The van der Waals surface area contributed by atoms with Crippen LogP contribution in [0.25, 0.3) is 10.9 Å². The molecule has 4 rings (SSSR count). The van der Waals surface area contributed by atoms with E-state index in [1.54, 1.807) is 0 Å². The van der Waals surface area contributed by atoms with Crippen molar-refractivity contribution in [3.63, 3.8) is 0 Å². The van der Waals surface area contributed by atoms with Gasteiger partial charge >= 0.3 is 6.03 Å². The van der Waals surface area contributed by atoms with Crippen LogP contribution in [0.4, 0.5) is 10.5 Å². The van der Waals surface area contributed by atoms with Crippen molar-refractivity contribution in [3.05, 3.63) is 36.0 Å². The third-order valence-corrected chi connectivity index (χ3v) is 5.55. The van der Waals surface area contributed by atoms with E-state index in [1.807, 2.05) is 42.2 Å². The number of fused-ring (bicyclic) bond motifs is 1. The van der Waals surface area contributed by atoms with Crippen molar-refractivity contribution in [2.75, 3.05) is 25.0 Å². The summed E-state index contributed by atoms with van der Waals surface area (Å²) < 4.78 is 5.77. The molecule has 5 nitrogen and oxygen atoms in total. The van der Waals surface area contributed by atoms with Gasteiger partial charge in [0.15, 0.2) is 0 Å². The van der Waals surface area contributed by atoms with E-state index in [0.29, 0.717) is 12.5 Å². The minimum absolute atomic E-state index is 0.0273. The Balaban J connectivity index is 1.51. The average molecular weight is 353 g/mol. The third kappa shape index (κ3) is 3.83. The number of urea groups is 1. The minimum Gasteiger partial charge on any atom is -0.376 e. The number of rotatable bonds is 5. The monoisotopic (exact) mass is 353 g/mol. The predicted octanol–water partition coefficient (Wildman–Crippen LogP) is 4.36. The lowest BCUT2D eigenvalue weighted by atomic mass is 9.85. The normalized spacial score (nSPS) is 20.1. The number of ether oxygens (including phenoxy) is 1. The molecule has 26 heavy (non-hydrogen) atoms. The Labute approximate surface area is 154 Å². The molecule has 0 spiro atoms. The van der Waals surface area contributed by atoms with Crippen molar-refractivity contribution in [1.29, 1.82) is 0 Å². The molecule has 1 aliphatic carbocycles. The molecule has 1 aromatic heterocycles. The first-order valence-corrected chi connectivity index (χ1v) is 9.73. The number of amides is 2. The van der Waals surface area contributed by atoms with Gasteiger partial charge in [-0.25, -0.2) is 4.79 Å². The third-order valence-electron chi connectivity index (χ3n) is 5.55. The lowest BCUT2D eigenvalue weighted by Crippen LogP contribution is -2.44. The van der Waals surface area contributed by atoms with Crippen LogP contribution in [0.2, 0.25) is 0 Å². The van der Waals surface area contributed by atoms with E-state index in [2.05, 4.69) is 10.3 Å². The van der Waals surface area contributed by atoms with Gasteiger partial charge in [-0.3, -0.25) is 4.98 Å². The first-order valence-electron chi connectivity index (χ1n) is 9.73. The predicted molar refractivity (Wildman–Crippen MR) is 103 cm³/mol. The molecule has 1 N–H and O–H groups in total. The molecule has 2 aliphatic rings. The standard InChI is InChI=1S/C21H27N3O2/c1-15-10-11-18-19(22-15)8-3-9-20(18)23-21(25)24(13-16-5-2-6-16)14-17-7-4-12-26-17/h3,8-11,16-17H,2,4-7,12-14H2,1H3,(H,23,25)/t17-/m1/s1.